The van der Waals surface area contributed by atoms with Crippen LogP contribution in [0.3, 0.4) is 0 Å². The van der Waals surface area contributed by atoms with Crippen LogP contribution >= 0.6 is 11.6 Å². The van der Waals surface area contributed by atoms with Crippen molar-refractivity contribution >= 4 is 11.6 Å². The van der Waals surface area contributed by atoms with E-state index in [1.54, 1.807) is 0 Å². The number of rotatable bonds is 4. The normalized spacial score (nSPS) is 24.9. The van der Waals surface area contributed by atoms with Gasteiger partial charge in [-0.3, -0.25) is 9.80 Å². The molecular weight excluding hydrogens is 306 g/mol. The van der Waals surface area contributed by atoms with Crippen molar-refractivity contribution in [3.63, 3.8) is 0 Å². The molecule has 1 N–H and O–H groups in total. The summed E-state index contributed by atoms with van der Waals surface area (Å²) in [5.41, 5.74) is 2.57. The first kappa shape index (κ1) is 17.2. The minimum Gasteiger partial charge on any atom is -0.314 e. The number of piperazine rings is 1. The predicted octanol–water partition coefficient (Wildman–Crippen LogP) is 3.30. The Balaban J connectivity index is 1.52. The van der Waals surface area contributed by atoms with Gasteiger partial charge in [0.2, 0.25) is 0 Å². The molecule has 0 aromatic heterocycles. The van der Waals surface area contributed by atoms with Crippen LogP contribution in [0.2, 0.25) is 5.02 Å². The van der Waals surface area contributed by atoms with Crippen LogP contribution < -0.4 is 5.32 Å². The van der Waals surface area contributed by atoms with E-state index in [-0.39, 0.29) is 0 Å². The number of nitrogens with zero attached hydrogens (tertiary/aromatic N) is 2. The summed E-state index contributed by atoms with van der Waals surface area (Å²) in [6, 6.07) is 7.96. The number of hydrogen-bond donors (Lipinski definition) is 1. The van der Waals surface area contributed by atoms with Gasteiger partial charge in [-0.2, -0.15) is 0 Å². The Kier molecular flexibility index (Phi) is 5.97. The van der Waals surface area contributed by atoms with Crippen molar-refractivity contribution in [2.45, 2.75) is 51.7 Å². The Hall–Kier alpha value is -0.610. The molecule has 0 radical (unpaired) electrons. The van der Waals surface area contributed by atoms with E-state index < -0.39 is 0 Å². The van der Waals surface area contributed by atoms with Crippen LogP contribution in [0.1, 0.15) is 37.3 Å². The minimum atomic E-state index is 0.735. The summed E-state index contributed by atoms with van der Waals surface area (Å²) in [5.74, 6) is 0. The molecule has 4 heteroatoms. The van der Waals surface area contributed by atoms with Gasteiger partial charge in [0.25, 0.3) is 0 Å². The lowest BCUT2D eigenvalue weighted by atomic mass is 9.98. The van der Waals surface area contributed by atoms with Crippen molar-refractivity contribution in [1.82, 2.24) is 15.1 Å². The molecule has 2 heterocycles. The molecule has 1 aromatic rings. The Morgan fingerprint density at radius 2 is 2.00 bits per heavy atom. The number of likely N-dealkylation sites (tertiary alicyclic amines) is 1. The molecule has 1 aromatic carbocycles. The Morgan fingerprint density at radius 1 is 1.22 bits per heavy atom. The van der Waals surface area contributed by atoms with Crippen LogP contribution in [0, 0.1) is 6.92 Å². The van der Waals surface area contributed by atoms with Crippen LogP contribution in [0.25, 0.3) is 0 Å². The third-order valence-electron chi connectivity index (χ3n) is 5.52. The smallest absolute Gasteiger partial charge is 0.0435 e. The fourth-order valence-electron chi connectivity index (χ4n) is 4.11. The van der Waals surface area contributed by atoms with Gasteiger partial charge in [0, 0.05) is 43.3 Å². The fraction of sp³-hybridized carbons (Fsp3) is 0.684. The standard InChI is InChI=1S/C19H30ClN3/c1-3-17-13-21-8-11-23(17)18-6-9-22(10-7-18)14-16-4-5-19(20)15(2)12-16/h4-5,12,17-18,21H,3,6-11,13-14H2,1-2H3/t17-/m0/s1. The Bertz CT molecular complexity index is 511. The summed E-state index contributed by atoms with van der Waals surface area (Å²) >= 11 is 6.13. The molecule has 23 heavy (non-hydrogen) atoms. The first-order valence-corrected chi connectivity index (χ1v) is 9.49. The predicted molar refractivity (Wildman–Crippen MR) is 98.1 cm³/mol. The first-order chi connectivity index (χ1) is 11.2. The van der Waals surface area contributed by atoms with E-state index in [2.05, 4.69) is 41.1 Å². The zero-order valence-electron chi connectivity index (χ0n) is 14.5. The van der Waals surface area contributed by atoms with Gasteiger partial charge in [0.15, 0.2) is 0 Å². The number of nitrogens with one attached hydrogen (secondary N) is 1. The average Bonchev–Trinajstić information content (AvgIpc) is 2.59. The number of benzene rings is 1. The van der Waals surface area contributed by atoms with E-state index in [0.29, 0.717) is 0 Å². The molecule has 0 unspecified atom stereocenters. The van der Waals surface area contributed by atoms with Gasteiger partial charge < -0.3 is 5.32 Å². The number of piperidine rings is 1. The summed E-state index contributed by atoms with van der Waals surface area (Å²) in [5, 5.41) is 4.42. The van der Waals surface area contributed by atoms with Crippen molar-refractivity contribution in [2.75, 3.05) is 32.7 Å². The van der Waals surface area contributed by atoms with Crippen molar-refractivity contribution in [3.05, 3.63) is 34.3 Å². The van der Waals surface area contributed by atoms with Crippen molar-refractivity contribution in [1.29, 1.82) is 0 Å². The summed E-state index contributed by atoms with van der Waals surface area (Å²) in [4.78, 5) is 5.38. The molecule has 2 saturated heterocycles. The topological polar surface area (TPSA) is 18.5 Å². The van der Waals surface area contributed by atoms with E-state index in [1.807, 2.05) is 6.07 Å². The highest BCUT2D eigenvalue weighted by Gasteiger charge is 2.30. The second kappa shape index (κ2) is 7.98. The van der Waals surface area contributed by atoms with Gasteiger partial charge in [-0.05, 0) is 56.5 Å². The van der Waals surface area contributed by atoms with Crippen LogP contribution in [0.4, 0.5) is 0 Å². The van der Waals surface area contributed by atoms with Crippen LogP contribution in [-0.4, -0.2) is 54.6 Å². The summed E-state index contributed by atoms with van der Waals surface area (Å²) in [6.45, 7) is 11.4. The Morgan fingerprint density at radius 3 is 2.70 bits per heavy atom. The molecule has 3 nitrogen and oxygen atoms in total. The molecule has 0 spiro atoms. The quantitative estimate of drug-likeness (QED) is 0.910. The third kappa shape index (κ3) is 4.27. The van der Waals surface area contributed by atoms with E-state index >= 15 is 0 Å². The number of hydrogen-bond acceptors (Lipinski definition) is 3. The molecular formula is C19H30ClN3. The molecule has 2 aliphatic heterocycles. The maximum absolute atomic E-state index is 6.13. The molecule has 0 aliphatic carbocycles. The van der Waals surface area contributed by atoms with E-state index in [1.165, 1.54) is 56.6 Å². The first-order valence-electron chi connectivity index (χ1n) is 9.11. The fourth-order valence-corrected chi connectivity index (χ4v) is 4.23. The highest BCUT2D eigenvalue weighted by Crippen LogP contribution is 2.23. The van der Waals surface area contributed by atoms with Crippen molar-refractivity contribution in [2.24, 2.45) is 0 Å². The molecule has 0 saturated carbocycles. The number of halogens is 1. The van der Waals surface area contributed by atoms with E-state index in [9.17, 15) is 0 Å². The summed E-state index contributed by atoms with van der Waals surface area (Å²) in [7, 11) is 0. The molecule has 2 fully saturated rings. The molecule has 2 aliphatic rings. The van der Waals surface area contributed by atoms with Crippen molar-refractivity contribution < 1.29 is 0 Å². The average molecular weight is 336 g/mol. The summed E-state index contributed by atoms with van der Waals surface area (Å²) < 4.78 is 0. The Labute approximate surface area is 146 Å². The van der Waals surface area contributed by atoms with Crippen molar-refractivity contribution in [3.8, 4) is 0 Å². The molecule has 1 atom stereocenters. The molecule has 128 valence electrons. The van der Waals surface area contributed by atoms with Gasteiger partial charge in [-0.15, -0.1) is 0 Å². The second-order valence-electron chi connectivity index (χ2n) is 7.09. The maximum atomic E-state index is 6.13. The molecule has 0 amide bonds. The lowest BCUT2D eigenvalue weighted by Gasteiger charge is -2.44. The SMILES string of the molecule is CC[C@H]1CNCCN1C1CCN(Cc2ccc(Cl)c(C)c2)CC1. The highest BCUT2D eigenvalue weighted by molar-refractivity contribution is 6.31. The van der Waals surface area contributed by atoms with Crippen LogP contribution in [0.15, 0.2) is 18.2 Å². The van der Waals surface area contributed by atoms with Gasteiger partial charge in [0.1, 0.15) is 0 Å². The summed E-state index contributed by atoms with van der Waals surface area (Å²) in [6.07, 6.45) is 3.88. The monoisotopic (exact) mass is 335 g/mol. The second-order valence-corrected chi connectivity index (χ2v) is 7.50. The minimum absolute atomic E-state index is 0.735. The molecule has 3 rings (SSSR count). The van der Waals surface area contributed by atoms with E-state index in [4.69, 9.17) is 11.6 Å². The lowest BCUT2D eigenvalue weighted by molar-refractivity contribution is 0.0543. The van der Waals surface area contributed by atoms with E-state index in [0.717, 1.165) is 30.2 Å². The van der Waals surface area contributed by atoms with Gasteiger partial charge in [-0.25, -0.2) is 0 Å². The van der Waals surface area contributed by atoms with Gasteiger partial charge in [0.05, 0.1) is 0 Å². The number of aryl methyl sites for hydroxylation is 1. The van der Waals surface area contributed by atoms with Gasteiger partial charge >= 0.3 is 0 Å². The van der Waals surface area contributed by atoms with Gasteiger partial charge in [-0.1, -0.05) is 30.7 Å². The zero-order chi connectivity index (χ0) is 16.2. The third-order valence-corrected chi connectivity index (χ3v) is 5.95. The highest BCUT2D eigenvalue weighted by atomic mass is 35.5. The maximum Gasteiger partial charge on any atom is 0.0435 e. The largest absolute Gasteiger partial charge is 0.314 e. The zero-order valence-corrected chi connectivity index (χ0v) is 15.3. The lowest BCUT2D eigenvalue weighted by Crippen LogP contribution is -2.57. The van der Waals surface area contributed by atoms with Crippen LogP contribution in [0.5, 0.6) is 0 Å². The molecule has 0 bridgehead atoms. The van der Waals surface area contributed by atoms with Crippen LogP contribution in [-0.2, 0) is 6.54 Å².